The summed E-state index contributed by atoms with van der Waals surface area (Å²) in [5.74, 6) is 3.44. The van der Waals surface area contributed by atoms with Crippen molar-refractivity contribution in [2.24, 2.45) is 12.5 Å². The van der Waals surface area contributed by atoms with Crippen molar-refractivity contribution >= 4 is 28.0 Å². The van der Waals surface area contributed by atoms with Gasteiger partial charge < -0.3 is 14.2 Å². The van der Waals surface area contributed by atoms with Crippen LogP contribution in [0.4, 0.5) is 5.82 Å². The van der Waals surface area contributed by atoms with Crippen molar-refractivity contribution in [1.82, 2.24) is 34.0 Å². The third-order valence-electron chi connectivity index (χ3n) is 8.40. The van der Waals surface area contributed by atoms with Gasteiger partial charge in [0.2, 0.25) is 5.95 Å². The summed E-state index contributed by atoms with van der Waals surface area (Å²) in [5.41, 5.74) is 4.14. The second-order valence-corrected chi connectivity index (χ2v) is 10.4. The molecule has 2 aliphatic rings. The molecule has 0 saturated carbocycles. The predicted molar refractivity (Wildman–Crippen MR) is 142 cm³/mol. The quantitative estimate of drug-likeness (QED) is 0.408. The number of hydrogen-bond acceptors (Lipinski definition) is 7. The summed E-state index contributed by atoms with van der Waals surface area (Å²) in [6.07, 6.45) is 3.73. The fourth-order valence-corrected chi connectivity index (χ4v) is 5.91. The number of likely N-dealkylation sites (tertiary alicyclic amines) is 1. The molecule has 1 aromatic carbocycles. The van der Waals surface area contributed by atoms with Crippen LogP contribution in [0.5, 0.6) is 0 Å². The van der Waals surface area contributed by atoms with E-state index >= 15 is 0 Å². The van der Waals surface area contributed by atoms with Crippen LogP contribution < -0.4 is 4.90 Å². The third-order valence-corrected chi connectivity index (χ3v) is 8.40. The molecule has 36 heavy (non-hydrogen) atoms. The molecule has 9 nitrogen and oxygen atoms in total. The summed E-state index contributed by atoms with van der Waals surface area (Å²) in [7, 11) is 2.09. The fraction of sp³-hybridized carbons (Fsp3) is 0.556. The summed E-state index contributed by atoms with van der Waals surface area (Å²) in [4.78, 5) is 24.9. The molecule has 0 radical (unpaired) electrons. The summed E-state index contributed by atoms with van der Waals surface area (Å²) >= 11 is 0. The molecule has 6 rings (SSSR count). The van der Waals surface area contributed by atoms with Crippen molar-refractivity contribution in [3.05, 3.63) is 35.9 Å². The van der Waals surface area contributed by atoms with Crippen molar-refractivity contribution < 1.29 is 4.74 Å². The zero-order chi connectivity index (χ0) is 24.9. The Morgan fingerprint density at radius 2 is 1.75 bits per heavy atom. The first kappa shape index (κ1) is 23.4. The van der Waals surface area contributed by atoms with E-state index in [9.17, 15) is 0 Å². The van der Waals surface area contributed by atoms with Gasteiger partial charge in [0.15, 0.2) is 17.0 Å². The van der Waals surface area contributed by atoms with Gasteiger partial charge in [-0.25, -0.2) is 9.97 Å². The Labute approximate surface area is 212 Å². The minimum atomic E-state index is 0.441. The number of imidazole rings is 2. The highest BCUT2D eigenvalue weighted by Crippen LogP contribution is 2.38. The molecule has 0 spiro atoms. The van der Waals surface area contributed by atoms with Crippen molar-refractivity contribution in [2.45, 2.75) is 46.6 Å². The van der Waals surface area contributed by atoms with Crippen molar-refractivity contribution in [3.8, 4) is 5.95 Å². The highest BCUT2D eigenvalue weighted by molar-refractivity contribution is 5.86. The van der Waals surface area contributed by atoms with E-state index in [-0.39, 0.29) is 0 Å². The number of benzene rings is 1. The van der Waals surface area contributed by atoms with Crippen LogP contribution in [0.3, 0.4) is 0 Å². The molecule has 0 N–H and O–H groups in total. The molecule has 5 heterocycles. The Morgan fingerprint density at radius 3 is 2.50 bits per heavy atom. The molecule has 3 aromatic heterocycles. The van der Waals surface area contributed by atoms with Gasteiger partial charge >= 0.3 is 0 Å². The van der Waals surface area contributed by atoms with Crippen molar-refractivity contribution in [2.75, 3.05) is 44.3 Å². The molecule has 0 amide bonds. The second kappa shape index (κ2) is 9.12. The van der Waals surface area contributed by atoms with E-state index in [1.807, 2.05) is 25.1 Å². The first-order valence-corrected chi connectivity index (χ1v) is 13.2. The maximum absolute atomic E-state index is 5.64. The Morgan fingerprint density at radius 1 is 0.972 bits per heavy atom. The molecule has 2 aliphatic heterocycles. The van der Waals surface area contributed by atoms with Crippen LogP contribution in [0.15, 0.2) is 24.3 Å². The average molecular weight is 489 g/mol. The number of fused-ring (bicyclic) bond motifs is 2. The average Bonchev–Trinajstić information content (AvgIpc) is 3.57. The lowest BCUT2D eigenvalue weighted by atomic mass is 9.82. The predicted octanol–water partition coefficient (Wildman–Crippen LogP) is 3.86. The number of anilines is 1. The first-order chi connectivity index (χ1) is 17.5. The topological polar surface area (TPSA) is 77.1 Å². The minimum absolute atomic E-state index is 0.441. The zero-order valence-electron chi connectivity index (χ0n) is 21.9. The molecular weight excluding hydrogens is 452 g/mol. The molecule has 0 aliphatic carbocycles. The van der Waals surface area contributed by atoms with Gasteiger partial charge in [0, 0.05) is 26.7 Å². The zero-order valence-corrected chi connectivity index (χ0v) is 21.9. The Bertz CT molecular complexity index is 1400. The van der Waals surface area contributed by atoms with E-state index < -0.39 is 0 Å². The number of aryl methyl sites for hydroxylation is 2. The van der Waals surface area contributed by atoms with E-state index in [1.165, 1.54) is 19.3 Å². The van der Waals surface area contributed by atoms with Crippen LogP contribution in [0, 0.1) is 12.3 Å². The van der Waals surface area contributed by atoms with E-state index in [0.717, 1.165) is 72.4 Å². The van der Waals surface area contributed by atoms with Gasteiger partial charge in [-0.3, -0.25) is 9.47 Å². The minimum Gasteiger partial charge on any atom is -0.378 e. The van der Waals surface area contributed by atoms with Gasteiger partial charge in [0.05, 0.1) is 30.8 Å². The third kappa shape index (κ3) is 3.85. The molecule has 2 fully saturated rings. The summed E-state index contributed by atoms with van der Waals surface area (Å²) in [6.45, 7) is 12.7. The van der Waals surface area contributed by atoms with Gasteiger partial charge in [-0.15, -0.1) is 0 Å². The lowest BCUT2D eigenvalue weighted by Gasteiger charge is -2.28. The number of aromatic nitrogens is 6. The Kier molecular flexibility index (Phi) is 5.92. The normalized spacial score (nSPS) is 18.6. The van der Waals surface area contributed by atoms with Gasteiger partial charge in [-0.1, -0.05) is 26.0 Å². The molecule has 0 atom stereocenters. The van der Waals surface area contributed by atoms with Crippen molar-refractivity contribution in [3.63, 3.8) is 0 Å². The maximum atomic E-state index is 5.64. The molecule has 4 aromatic rings. The highest BCUT2D eigenvalue weighted by Gasteiger charge is 2.35. The number of rotatable bonds is 6. The van der Waals surface area contributed by atoms with Crippen LogP contribution in [0.1, 0.15) is 44.8 Å². The van der Waals surface area contributed by atoms with E-state index in [1.54, 1.807) is 0 Å². The van der Waals surface area contributed by atoms with Crippen LogP contribution in [0.2, 0.25) is 0 Å². The van der Waals surface area contributed by atoms with Gasteiger partial charge in [-0.2, -0.15) is 9.97 Å². The van der Waals surface area contributed by atoms with E-state index in [4.69, 9.17) is 24.7 Å². The SMILES string of the molecule is CCC1(CC)CCN(Cc2nc3c(N4CCOCC4)nc(-n4c(C)nc5ccccc54)nc3n2C)C1. The summed E-state index contributed by atoms with van der Waals surface area (Å²) in [5, 5.41) is 0. The summed E-state index contributed by atoms with van der Waals surface area (Å²) in [6, 6.07) is 8.16. The summed E-state index contributed by atoms with van der Waals surface area (Å²) < 4.78 is 9.86. The number of nitrogens with zero attached hydrogens (tertiary/aromatic N) is 8. The first-order valence-electron chi connectivity index (χ1n) is 13.2. The molecular formula is C27H36N8O. The lowest BCUT2D eigenvalue weighted by Crippen LogP contribution is -2.37. The number of morpholine rings is 1. The lowest BCUT2D eigenvalue weighted by molar-refractivity contribution is 0.122. The molecule has 190 valence electrons. The van der Waals surface area contributed by atoms with Crippen LogP contribution >= 0.6 is 0 Å². The monoisotopic (exact) mass is 488 g/mol. The Balaban J connectivity index is 1.46. The Hall–Kier alpha value is -3.04. The van der Waals surface area contributed by atoms with Crippen LogP contribution in [0.25, 0.3) is 28.1 Å². The van der Waals surface area contributed by atoms with E-state index in [2.05, 4.69) is 45.9 Å². The second-order valence-electron chi connectivity index (χ2n) is 10.4. The van der Waals surface area contributed by atoms with E-state index in [0.29, 0.717) is 24.6 Å². The van der Waals surface area contributed by atoms with Crippen molar-refractivity contribution in [1.29, 1.82) is 0 Å². The van der Waals surface area contributed by atoms with Gasteiger partial charge in [-0.05, 0) is 50.3 Å². The number of ether oxygens (including phenoxy) is 1. The highest BCUT2D eigenvalue weighted by atomic mass is 16.5. The fourth-order valence-electron chi connectivity index (χ4n) is 5.91. The van der Waals surface area contributed by atoms with Crippen LogP contribution in [-0.4, -0.2) is 73.4 Å². The molecule has 2 saturated heterocycles. The molecule has 0 unspecified atom stereocenters. The largest absolute Gasteiger partial charge is 0.378 e. The number of hydrogen-bond donors (Lipinski definition) is 0. The van der Waals surface area contributed by atoms with Crippen LogP contribution in [-0.2, 0) is 18.3 Å². The number of para-hydroxylation sites is 2. The molecule has 9 heteroatoms. The maximum Gasteiger partial charge on any atom is 0.239 e. The smallest absolute Gasteiger partial charge is 0.239 e. The standard InChI is InChI=1S/C27H36N8O/c1-5-27(6-2)11-12-33(18-27)17-22-29-23-24(32(22)4)30-26(31-25(23)34-13-15-36-16-14-34)35-19(3)28-20-9-7-8-10-21(20)35/h7-10H,5-6,11-18H2,1-4H3. The van der Waals surface area contributed by atoms with Gasteiger partial charge in [0.1, 0.15) is 11.6 Å². The van der Waals surface area contributed by atoms with Gasteiger partial charge in [0.25, 0.3) is 0 Å². The molecule has 0 bridgehead atoms.